The molecule has 2 fully saturated rings. The number of nitrogens with zero attached hydrogens (tertiary/aromatic N) is 2. The van der Waals surface area contributed by atoms with Gasteiger partial charge in [0.15, 0.2) is 0 Å². The molecule has 2 heterocycles. The van der Waals surface area contributed by atoms with Crippen LogP contribution in [0.4, 0.5) is 0 Å². The predicted octanol–water partition coefficient (Wildman–Crippen LogP) is 3.23. The lowest BCUT2D eigenvalue weighted by Crippen LogP contribution is -2.50. The Balaban J connectivity index is 1.18. The first-order chi connectivity index (χ1) is 16.5. The second kappa shape index (κ2) is 11.8. The number of amides is 2. The molecule has 186 valence electrons. The Bertz CT molecular complexity index is 857. The van der Waals surface area contributed by atoms with Gasteiger partial charge in [-0.25, -0.2) is 0 Å². The molecule has 2 amide bonds. The van der Waals surface area contributed by atoms with Crippen molar-refractivity contribution in [3.05, 3.63) is 35.4 Å². The van der Waals surface area contributed by atoms with E-state index in [0.29, 0.717) is 12.6 Å². The van der Waals surface area contributed by atoms with Gasteiger partial charge < -0.3 is 19.9 Å². The molecule has 7 heteroatoms. The van der Waals surface area contributed by atoms with Gasteiger partial charge in [0.05, 0.1) is 19.1 Å². The predicted molar refractivity (Wildman–Crippen MR) is 130 cm³/mol. The number of likely N-dealkylation sites (tertiary alicyclic amines) is 2. The Hall–Kier alpha value is -2.41. The molecule has 0 radical (unpaired) electrons. The summed E-state index contributed by atoms with van der Waals surface area (Å²) < 4.78 is 4.91. The molecule has 3 aliphatic rings. The maximum absolute atomic E-state index is 13.0. The van der Waals surface area contributed by atoms with E-state index in [1.807, 2.05) is 4.90 Å². The molecule has 1 N–H and O–H groups in total. The van der Waals surface area contributed by atoms with Crippen LogP contribution in [-0.2, 0) is 25.5 Å². The highest BCUT2D eigenvalue weighted by Crippen LogP contribution is 2.31. The zero-order valence-electron chi connectivity index (χ0n) is 20.5. The first-order valence-corrected chi connectivity index (χ1v) is 13.1. The van der Waals surface area contributed by atoms with Crippen LogP contribution in [0.25, 0.3) is 0 Å². The Morgan fingerprint density at radius 2 is 1.71 bits per heavy atom. The number of benzene rings is 1. The fourth-order valence-electron chi connectivity index (χ4n) is 5.80. The van der Waals surface area contributed by atoms with Gasteiger partial charge >= 0.3 is 5.97 Å². The lowest BCUT2D eigenvalue weighted by atomic mass is 9.86. The van der Waals surface area contributed by atoms with Gasteiger partial charge in [0.25, 0.3) is 0 Å². The van der Waals surface area contributed by atoms with E-state index in [2.05, 4.69) is 34.5 Å². The smallest absolute Gasteiger partial charge is 0.306 e. The van der Waals surface area contributed by atoms with Crippen molar-refractivity contribution in [1.82, 2.24) is 15.1 Å². The number of carbonyl (C=O) groups excluding carboxylic acids is 3. The van der Waals surface area contributed by atoms with Gasteiger partial charge in [-0.1, -0.05) is 24.3 Å². The Labute approximate surface area is 203 Å². The van der Waals surface area contributed by atoms with Gasteiger partial charge in [-0.3, -0.25) is 14.4 Å². The minimum atomic E-state index is -0.301. The monoisotopic (exact) mass is 469 g/mol. The molecule has 1 atom stereocenters. The van der Waals surface area contributed by atoms with Crippen molar-refractivity contribution in [2.24, 2.45) is 5.92 Å². The summed E-state index contributed by atoms with van der Waals surface area (Å²) >= 11 is 0. The van der Waals surface area contributed by atoms with Gasteiger partial charge in [-0.15, -0.1) is 0 Å². The molecule has 0 spiro atoms. The molecule has 0 aromatic heterocycles. The fourth-order valence-corrected chi connectivity index (χ4v) is 5.80. The van der Waals surface area contributed by atoms with Gasteiger partial charge in [-0.2, -0.15) is 0 Å². The molecule has 1 aliphatic carbocycles. The molecule has 7 nitrogen and oxygen atoms in total. The first-order valence-electron chi connectivity index (χ1n) is 13.1. The number of esters is 1. The average Bonchev–Trinajstić information content (AvgIpc) is 2.88. The molecule has 2 aliphatic heterocycles. The zero-order valence-corrected chi connectivity index (χ0v) is 20.5. The molecule has 4 rings (SSSR count). The fraction of sp³-hybridized carbons (Fsp3) is 0.667. The lowest BCUT2D eigenvalue weighted by molar-refractivity contribution is -0.146. The van der Waals surface area contributed by atoms with Crippen LogP contribution in [-0.4, -0.2) is 66.4 Å². The highest BCUT2D eigenvalue weighted by atomic mass is 16.5. The summed E-state index contributed by atoms with van der Waals surface area (Å²) in [5.41, 5.74) is 2.67. The summed E-state index contributed by atoms with van der Waals surface area (Å²) in [6.07, 6.45) is 7.38. The van der Waals surface area contributed by atoms with Crippen LogP contribution >= 0.6 is 0 Å². The van der Waals surface area contributed by atoms with E-state index in [-0.39, 0.29) is 42.6 Å². The van der Waals surface area contributed by atoms with Crippen molar-refractivity contribution in [2.75, 3.05) is 32.8 Å². The SMILES string of the molecule is CCOC(=O)CCC(=O)N1CCC(N2CCC(C(=O)NC3CCCc4ccccc43)CC2)CC1. The van der Waals surface area contributed by atoms with Crippen molar-refractivity contribution in [3.8, 4) is 0 Å². The minimum Gasteiger partial charge on any atom is -0.466 e. The highest BCUT2D eigenvalue weighted by Gasteiger charge is 2.33. The van der Waals surface area contributed by atoms with E-state index < -0.39 is 0 Å². The number of carbonyl (C=O) groups is 3. The molecule has 2 saturated heterocycles. The van der Waals surface area contributed by atoms with Crippen LogP contribution in [0.2, 0.25) is 0 Å². The number of hydrogen-bond acceptors (Lipinski definition) is 5. The largest absolute Gasteiger partial charge is 0.466 e. The third-order valence-corrected chi connectivity index (χ3v) is 7.77. The number of rotatable bonds is 7. The summed E-state index contributed by atoms with van der Waals surface area (Å²) in [6.45, 7) is 5.50. The minimum absolute atomic E-state index is 0.0474. The number of aryl methyl sites for hydroxylation is 1. The van der Waals surface area contributed by atoms with Gasteiger partial charge in [0, 0.05) is 31.5 Å². The molecular formula is C27H39N3O4. The molecule has 1 aromatic carbocycles. The maximum Gasteiger partial charge on any atom is 0.306 e. The van der Waals surface area contributed by atoms with Gasteiger partial charge in [0.1, 0.15) is 0 Å². The number of piperidine rings is 2. The molecular weight excluding hydrogens is 430 g/mol. The van der Waals surface area contributed by atoms with Gasteiger partial charge in [0.2, 0.25) is 11.8 Å². The Morgan fingerprint density at radius 1 is 0.971 bits per heavy atom. The quantitative estimate of drug-likeness (QED) is 0.621. The topological polar surface area (TPSA) is 79.0 Å². The van der Waals surface area contributed by atoms with Crippen molar-refractivity contribution >= 4 is 17.8 Å². The van der Waals surface area contributed by atoms with Crippen LogP contribution in [0.1, 0.15) is 75.5 Å². The number of nitrogens with one attached hydrogen (secondary N) is 1. The molecule has 0 saturated carbocycles. The van der Waals surface area contributed by atoms with E-state index in [0.717, 1.165) is 71.1 Å². The van der Waals surface area contributed by atoms with Crippen LogP contribution in [0.15, 0.2) is 24.3 Å². The van der Waals surface area contributed by atoms with Crippen molar-refractivity contribution < 1.29 is 19.1 Å². The molecule has 0 bridgehead atoms. The third kappa shape index (κ3) is 6.17. The van der Waals surface area contributed by atoms with Crippen molar-refractivity contribution in [1.29, 1.82) is 0 Å². The number of ether oxygens (including phenoxy) is 1. The van der Waals surface area contributed by atoms with E-state index in [9.17, 15) is 14.4 Å². The Kier molecular flexibility index (Phi) is 8.59. The number of fused-ring (bicyclic) bond motifs is 1. The highest BCUT2D eigenvalue weighted by molar-refractivity contribution is 5.81. The second-order valence-electron chi connectivity index (χ2n) is 9.88. The van der Waals surface area contributed by atoms with Crippen LogP contribution in [0.3, 0.4) is 0 Å². The van der Waals surface area contributed by atoms with Crippen LogP contribution < -0.4 is 5.32 Å². The second-order valence-corrected chi connectivity index (χ2v) is 9.88. The number of hydrogen-bond donors (Lipinski definition) is 1. The van der Waals surface area contributed by atoms with E-state index >= 15 is 0 Å². The zero-order chi connectivity index (χ0) is 23.9. The summed E-state index contributed by atoms with van der Waals surface area (Å²) in [5.74, 6) is 0.0507. The maximum atomic E-state index is 13.0. The van der Waals surface area contributed by atoms with E-state index in [1.54, 1.807) is 6.92 Å². The van der Waals surface area contributed by atoms with E-state index in [1.165, 1.54) is 11.1 Å². The van der Waals surface area contributed by atoms with Crippen LogP contribution in [0, 0.1) is 5.92 Å². The summed E-state index contributed by atoms with van der Waals surface area (Å²) in [4.78, 5) is 41.3. The Morgan fingerprint density at radius 3 is 2.44 bits per heavy atom. The molecule has 34 heavy (non-hydrogen) atoms. The molecule has 1 aromatic rings. The van der Waals surface area contributed by atoms with Crippen molar-refractivity contribution in [2.45, 2.75) is 76.8 Å². The summed E-state index contributed by atoms with van der Waals surface area (Å²) in [7, 11) is 0. The van der Waals surface area contributed by atoms with E-state index in [4.69, 9.17) is 4.74 Å². The average molecular weight is 470 g/mol. The summed E-state index contributed by atoms with van der Waals surface area (Å²) in [5, 5.41) is 3.35. The molecule has 1 unspecified atom stereocenters. The third-order valence-electron chi connectivity index (χ3n) is 7.77. The first kappa shape index (κ1) is 24.7. The van der Waals surface area contributed by atoms with Crippen molar-refractivity contribution in [3.63, 3.8) is 0 Å². The van der Waals surface area contributed by atoms with Crippen LogP contribution in [0.5, 0.6) is 0 Å². The standard InChI is InChI=1S/C27H39N3O4/c1-2-34-26(32)11-10-25(31)30-18-14-22(15-19-30)29-16-12-21(13-17-29)27(33)28-24-9-5-7-20-6-3-4-8-23(20)24/h3-4,6,8,21-22,24H,2,5,7,9-19H2,1H3,(H,28,33). The normalized spacial score (nSPS) is 22.1. The lowest BCUT2D eigenvalue weighted by Gasteiger charge is -2.41. The van der Waals surface area contributed by atoms with Gasteiger partial charge in [-0.05, 0) is 76.1 Å². The summed E-state index contributed by atoms with van der Waals surface area (Å²) in [6, 6.07) is 9.13.